The summed E-state index contributed by atoms with van der Waals surface area (Å²) in [7, 11) is -3.66. The quantitative estimate of drug-likeness (QED) is 0.464. The fraction of sp³-hybridized carbons (Fsp3) is 0.263. The molecule has 3 aromatic rings. The topological polar surface area (TPSA) is 131 Å². The number of benzene rings is 1. The van der Waals surface area contributed by atoms with Crippen LogP contribution < -0.4 is 15.4 Å². The Morgan fingerprint density at radius 1 is 1.03 bits per heavy atom. The largest absolute Gasteiger partial charge is 0.367 e. The molecule has 0 bridgehead atoms. The number of amides is 1. The predicted octanol–water partition coefficient (Wildman–Crippen LogP) is 1.63. The molecule has 11 heteroatoms. The van der Waals surface area contributed by atoms with Gasteiger partial charge in [0.15, 0.2) is 5.82 Å². The van der Waals surface area contributed by atoms with Crippen LogP contribution in [0.4, 0.5) is 11.5 Å². The Kier molecular flexibility index (Phi) is 6.43. The van der Waals surface area contributed by atoms with Gasteiger partial charge in [0.05, 0.1) is 10.6 Å². The van der Waals surface area contributed by atoms with Gasteiger partial charge in [0.2, 0.25) is 15.9 Å². The summed E-state index contributed by atoms with van der Waals surface area (Å²) in [5.74, 6) is 0.912. The molecule has 3 N–H and O–H groups in total. The zero-order valence-electron chi connectivity index (χ0n) is 16.9. The smallest absolute Gasteiger partial charge is 0.240 e. The highest BCUT2D eigenvalue weighted by Gasteiger charge is 2.13. The SMILES string of the molecule is CC(=O)Nc1ccc(S(=O)(=O)NCCNc2ccc(-n3nc(C)cc3C)nn2)cc1. The van der Waals surface area contributed by atoms with Crippen LogP contribution in [-0.2, 0) is 14.8 Å². The van der Waals surface area contributed by atoms with Crippen LogP contribution in [0.2, 0.25) is 0 Å². The summed E-state index contributed by atoms with van der Waals surface area (Å²) in [6.45, 7) is 5.73. The van der Waals surface area contributed by atoms with E-state index < -0.39 is 10.0 Å². The summed E-state index contributed by atoms with van der Waals surface area (Å²) in [6, 6.07) is 11.4. The molecule has 0 atom stereocenters. The van der Waals surface area contributed by atoms with Gasteiger partial charge in [0, 0.05) is 31.4 Å². The van der Waals surface area contributed by atoms with Gasteiger partial charge >= 0.3 is 0 Å². The summed E-state index contributed by atoms with van der Waals surface area (Å²) < 4.78 is 28.9. The molecule has 0 spiro atoms. The number of rotatable bonds is 8. The number of carbonyl (C=O) groups is 1. The fourth-order valence-corrected chi connectivity index (χ4v) is 3.81. The summed E-state index contributed by atoms with van der Waals surface area (Å²) in [5.41, 5.74) is 2.39. The predicted molar refractivity (Wildman–Crippen MR) is 113 cm³/mol. The van der Waals surface area contributed by atoms with E-state index in [0.717, 1.165) is 11.4 Å². The summed E-state index contributed by atoms with van der Waals surface area (Å²) in [4.78, 5) is 11.1. The number of sulfonamides is 1. The first kappa shape index (κ1) is 21.4. The van der Waals surface area contributed by atoms with Gasteiger partial charge in [-0.1, -0.05) is 0 Å². The van der Waals surface area contributed by atoms with Crippen LogP contribution in [0.3, 0.4) is 0 Å². The molecule has 0 aliphatic heterocycles. The molecular weight excluding hydrogens is 406 g/mol. The average molecular weight is 430 g/mol. The number of anilines is 2. The third-order valence-corrected chi connectivity index (χ3v) is 5.56. The molecule has 158 valence electrons. The molecule has 0 saturated heterocycles. The van der Waals surface area contributed by atoms with Crippen LogP contribution in [0.1, 0.15) is 18.3 Å². The number of nitrogens with zero attached hydrogens (tertiary/aromatic N) is 4. The van der Waals surface area contributed by atoms with E-state index in [1.807, 2.05) is 19.9 Å². The van der Waals surface area contributed by atoms with Gasteiger partial charge in [-0.3, -0.25) is 4.79 Å². The number of aryl methyl sites for hydroxylation is 2. The maximum absolute atomic E-state index is 12.3. The molecule has 1 amide bonds. The minimum atomic E-state index is -3.66. The minimum Gasteiger partial charge on any atom is -0.367 e. The Morgan fingerprint density at radius 2 is 1.77 bits per heavy atom. The molecule has 0 aliphatic carbocycles. The lowest BCUT2D eigenvalue weighted by Gasteiger charge is -2.09. The molecule has 1 aromatic carbocycles. The van der Waals surface area contributed by atoms with E-state index in [0.29, 0.717) is 23.9 Å². The zero-order valence-corrected chi connectivity index (χ0v) is 17.7. The van der Waals surface area contributed by atoms with Gasteiger partial charge < -0.3 is 10.6 Å². The van der Waals surface area contributed by atoms with Crippen molar-refractivity contribution in [2.45, 2.75) is 25.7 Å². The molecule has 0 fully saturated rings. The maximum Gasteiger partial charge on any atom is 0.240 e. The van der Waals surface area contributed by atoms with Crippen LogP contribution >= 0.6 is 0 Å². The van der Waals surface area contributed by atoms with Gasteiger partial charge in [-0.25, -0.2) is 17.8 Å². The van der Waals surface area contributed by atoms with Crippen molar-refractivity contribution in [3.05, 3.63) is 53.9 Å². The van der Waals surface area contributed by atoms with Crippen LogP contribution in [0.25, 0.3) is 5.82 Å². The first-order valence-corrected chi connectivity index (χ1v) is 10.7. The van der Waals surface area contributed by atoms with Crippen molar-refractivity contribution >= 4 is 27.4 Å². The Bertz CT molecular complexity index is 1120. The Balaban J connectivity index is 1.51. The van der Waals surface area contributed by atoms with E-state index in [1.54, 1.807) is 16.8 Å². The van der Waals surface area contributed by atoms with E-state index in [4.69, 9.17) is 0 Å². The molecule has 2 heterocycles. The van der Waals surface area contributed by atoms with Crippen molar-refractivity contribution in [2.75, 3.05) is 23.7 Å². The van der Waals surface area contributed by atoms with Crippen molar-refractivity contribution in [1.82, 2.24) is 24.7 Å². The maximum atomic E-state index is 12.3. The Hall–Kier alpha value is -3.31. The van der Waals surface area contributed by atoms with Crippen molar-refractivity contribution < 1.29 is 13.2 Å². The Labute approximate surface area is 174 Å². The highest BCUT2D eigenvalue weighted by molar-refractivity contribution is 7.89. The van der Waals surface area contributed by atoms with E-state index in [1.165, 1.54) is 31.2 Å². The normalized spacial score (nSPS) is 11.3. The highest BCUT2D eigenvalue weighted by Crippen LogP contribution is 2.14. The lowest BCUT2D eigenvalue weighted by Crippen LogP contribution is -2.29. The number of carbonyl (C=O) groups excluding carboxylic acids is 1. The molecule has 0 unspecified atom stereocenters. The molecular formula is C19H23N7O3S. The van der Waals surface area contributed by atoms with Crippen LogP contribution in [0.5, 0.6) is 0 Å². The van der Waals surface area contributed by atoms with Crippen molar-refractivity contribution in [1.29, 1.82) is 0 Å². The lowest BCUT2D eigenvalue weighted by atomic mass is 10.3. The summed E-state index contributed by atoms with van der Waals surface area (Å²) in [6.07, 6.45) is 0. The number of hydrogen-bond acceptors (Lipinski definition) is 7. The van der Waals surface area contributed by atoms with Gasteiger partial charge in [-0.2, -0.15) is 5.10 Å². The summed E-state index contributed by atoms with van der Waals surface area (Å²) >= 11 is 0. The number of aromatic nitrogens is 4. The number of nitrogens with one attached hydrogen (secondary N) is 3. The third kappa shape index (κ3) is 5.39. The fourth-order valence-electron chi connectivity index (χ4n) is 2.77. The van der Waals surface area contributed by atoms with Crippen molar-refractivity contribution in [3.63, 3.8) is 0 Å². The second-order valence-electron chi connectivity index (χ2n) is 6.65. The number of hydrogen-bond donors (Lipinski definition) is 3. The van der Waals surface area contributed by atoms with E-state index in [2.05, 4.69) is 30.7 Å². The van der Waals surface area contributed by atoms with Gasteiger partial charge in [0.1, 0.15) is 5.82 Å². The lowest BCUT2D eigenvalue weighted by molar-refractivity contribution is -0.114. The zero-order chi connectivity index (χ0) is 21.7. The first-order valence-electron chi connectivity index (χ1n) is 9.23. The molecule has 30 heavy (non-hydrogen) atoms. The van der Waals surface area contributed by atoms with Gasteiger partial charge in [-0.15, -0.1) is 10.2 Å². The second-order valence-corrected chi connectivity index (χ2v) is 8.41. The van der Waals surface area contributed by atoms with Crippen molar-refractivity contribution in [2.24, 2.45) is 0 Å². The van der Waals surface area contributed by atoms with E-state index in [-0.39, 0.29) is 17.3 Å². The van der Waals surface area contributed by atoms with Crippen LogP contribution in [0, 0.1) is 13.8 Å². The summed E-state index contributed by atoms with van der Waals surface area (Å²) in [5, 5.41) is 18.2. The van der Waals surface area contributed by atoms with Crippen molar-refractivity contribution in [3.8, 4) is 5.82 Å². The van der Waals surface area contributed by atoms with Gasteiger partial charge in [-0.05, 0) is 56.3 Å². The molecule has 0 aliphatic rings. The molecule has 0 radical (unpaired) electrons. The molecule has 0 saturated carbocycles. The van der Waals surface area contributed by atoms with Crippen LogP contribution in [-0.4, -0.2) is 47.4 Å². The molecule has 10 nitrogen and oxygen atoms in total. The monoisotopic (exact) mass is 429 g/mol. The minimum absolute atomic E-state index is 0.116. The van der Waals surface area contributed by atoms with E-state index >= 15 is 0 Å². The van der Waals surface area contributed by atoms with Gasteiger partial charge in [0.25, 0.3) is 0 Å². The molecule has 2 aromatic heterocycles. The average Bonchev–Trinajstić information content (AvgIpc) is 3.04. The van der Waals surface area contributed by atoms with E-state index in [9.17, 15) is 13.2 Å². The van der Waals surface area contributed by atoms with Crippen LogP contribution in [0.15, 0.2) is 47.4 Å². The third-order valence-electron chi connectivity index (χ3n) is 4.09. The molecule has 3 rings (SSSR count). The second kappa shape index (κ2) is 9.01. The highest BCUT2D eigenvalue weighted by atomic mass is 32.2. The first-order chi connectivity index (χ1) is 14.2. The standard InChI is InChI=1S/C19H23N7O3S/c1-13-12-14(2)26(25-13)19-9-8-18(23-24-19)20-10-11-21-30(28,29)17-6-4-16(5-7-17)22-15(3)27/h4-9,12,21H,10-11H2,1-3H3,(H,20,23)(H,22,27). The Morgan fingerprint density at radius 3 is 2.33 bits per heavy atom.